The van der Waals surface area contributed by atoms with E-state index in [1.165, 1.54) is 5.56 Å². The standard InChI is InChI=1S/C15H16BrN3S/c1-19(9-11-5-2-3-7-13(11)16)10-12-6-4-8-18-14(12)15(17)20/h2-8H,9-10H2,1H3,(H2,17,20). The van der Waals surface area contributed by atoms with E-state index in [1.807, 2.05) is 30.3 Å². The molecular weight excluding hydrogens is 334 g/mol. The van der Waals surface area contributed by atoms with Gasteiger partial charge in [0.1, 0.15) is 10.7 Å². The Morgan fingerprint density at radius 3 is 2.55 bits per heavy atom. The molecule has 0 unspecified atom stereocenters. The molecule has 104 valence electrons. The highest BCUT2D eigenvalue weighted by atomic mass is 79.9. The van der Waals surface area contributed by atoms with Crippen molar-refractivity contribution in [3.05, 3.63) is 63.9 Å². The number of halogens is 1. The molecule has 0 amide bonds. The largest absolute Gasteiger partial charge is 0.388 e. The van der Waals surface area contributed by atoms with Crippen LogP contribution in [0, 0.1) is 0 Å². The summed E-state index contributed by atoms with van der Waals surface area (Å²) in [4.78, 5) is 6.80. The molecule has 0 aliphatic carbocycles. The highest BCUT2D eigenvalue weighted by Gasteiger charge is 2.10. The van der Waals surface area contributed by atoms with Crippen molar-refractivity contribution >= 4 is 33.1 Å². The fourth-order valence-corrected chi connectivity index (χ4v) is 2.65. The molecule has 1 aromatic heterocycles. The first-order chi connectivity index (χ1) is 9.58. The quantitative estimate of drug-likeness (QED) is 0.842. The Hall–Kier alpha value is -1.30. The van der Waals surface area contributed by atoms with Crippen molar-refractivity contribution in [3.63, 3.8) is 0 Å². The lowest BCUT2D eigenvalue weighted by atomic mass is 10.1. The maximum absolute atomic E-state index is 5.71. The van der Waals surface area contributed by atoms with Gasteiger partial charge in [0.05, 0.1) is 0 Å². The second kappa shape index (κ2) is 6.92. The molecule has 0 saturated heterocycles. The summed E-state index contributed by atoms with van der Waals surface area (Å²) in [6.45, 7) is 1.59. The Bertz CT molecular complexity index is 616. The number of rotatable bonds is 5. The number of thiocarbonyl (C=S) groups is 1. The van der Waals surface area contributed by atoms with E-state index in [0.29, 0.717) is 10.7 Å². The summed E-state index contributed by atoms with van der Waals surface area (Å²) in [5, 5.41) is 0. The molecule has 0 bridgehead atoms. The van der Waals surface area contributed by atoms with Crippen molar-refractivity contribution < 1.29 is 0 Å². The van der Waals surface area contributed by atoms with Crippen molar-refractivity contribution in [2.45, 2.75) is 13.1 Å². The van der Waals surface area contributed by atoms with Crippen LogP contribution in [0.15, 0.2) is 47.1 Å². The van der Waals surface area contributed by atoms with Crippen LogP contribution in [0.2, 0.25) is 0 Å². The Morgan fingerprint density at radius 2 is 1.85 bits per heavy atom. The SMILES string of the molecule is CN(Cc1ccccc1Br)Cc1cccnc1C(N)=S. The number of hydrogen-bond donors (Lipinski definition) is 1. The van der Waals surface area contributed by atoms with Gasteiger partial charge in [0, 0.05) is 23.8 Å². The van der Waals surface area contributed by atoms with E-state index in [4.69, 9.17) is 18.0 Å². The van der Waals surface area contributed by atoms with Crippen LogP contribution in [0.5, 0.6) is 0 Å². The average molecular weight is 350 g/mol. The highest BCUT2D eigenvalue weighted by molar-refractivity contribution is 9.10. The molecule has 0 radical (unpaired) electrons. The van der Waals surface area contributed by atoms with Gasteiger partial charge < -0.3 is 5.73 Å². The summed E-state index contributed by atoms with van der Waals surface area (Å²) < 4.78 is 1.12. The Morgan fingerprint density at radius 1 is 1.20 bits per heavy atom. The zero-order chi connectivity index (χ0) is 14.5. The topological polar surface area (TPSA) is 42.2 Å². The van der Waals surface area contributed by atoms with Crippen LogP contribution in [0.4, 0.5) is 0 Å². The molecule has 1 aromatic carbocycles. The minimum atomic E-state index is 0.342. The third kappa shape index (κ3) is 3.85. The first kappa shape index (κ1) is 15.1. The third-order valence-electron chi connectivity index (χ3n) is 2.96. The number of benzene rings is 1. The van der Waals surface area contributed by atoms with Crippen LogP contribution < -0.4 is 5.73 Å². The third-order valence-corrected chi connectivity index (χ3v) is 3.93. The zero-order valence-electron chi connectivity index (χ0n) is 11.2. The van der Waals surface area contributed by atoms with Crippen molar-refractivity contribution in [2.24, 2.45) is 5.73 Å². The molecule has 0 aliphatic heterocycles. The van der Waals surface area contributed by atoms with Crippen molar-refractivity contribution in [2.75, 3.05) is 7.05 Å². The number of hydrogen-bond acceptors (Lipinski definition) is 3. The summed E-state index contributed by atoms with van der Waals surface area (Å²) in [5.74, 6) is 0. The maximum Gasteiger partial charge on any atom is 0.123 e. The zero-order valence-corrected chi connectivity index (χ0v) is 13.6. The van der Waals surface area contributed by atoms with Gasteiger partial charge >= 0.3 is 0 Å². The predicted octanol–water partition coefficient (Wildman–Crippen LogP) is 3.11. The molecule has 0 spiro atoms. The van der Waals surface area contributed by atoms with E-state index < -0.39 is 0 Å². The van der Waals surface area contributed by atoms with Crippen LogP contribution in [-0.4, -0.2) is 21.9 Å². The average Bonchev–Trinajstić information content (AvgIpc) is 2.41. The minimum absolute atomic E-state index is 0.342. The molecule has 0 fully saturated rings. The van der Waals surface area contributed by atoms with Gasteiger partial charge in [-0.25, -0.2) is 0 Å². The van der Waals surface area contributed by atoms with Gasteiger partial charge in [0.15, 0.2) is 0 Å². The molecule has 1 heterocycles. The van der Waals surface area contributed by atoms with E-state index >= 15 is 0 Å². The number of nitrogens with two attached hydrogens (primary N) is 1. The molecule has 0 atom stereocenters. The van der Waals surface area contributed by atoms with E-state index in [0.717, 1.165) is 23.1 Å². The first-order valence-corrected chi connectivity index (χ1v) is 7.43. The van der Waals surface area contributed by atoms with E-state index in [-0.39, 0.29) is 0 Å². The highest BCUT2D eigenvalue weighted by Crippen LogP contribution is 2.18. The van der Waals surface area contributed by atoms with E-state index in [1.54, 1.807) is 6.20 Å². The van der Waals surface area contributed by atoms with Gasteiger partial charge in [-0.3, -0.25) is 9.88 Å². The van der Waals surface area contributed by atoms with Crippen LogP contribution in [0.3, 0.4) is 0 Å². The lowest BCUT2D eigenvalue weighted by molar-refractivity contribution is 0.318. The summed E-state index contributed by atoms with van der Waals surface area (Å²) >= 11 is 8.61. The minimum Gasteiger partial charge on any atom is -0.388 e. The normalized spacial score (nSPS) is 10.8. The lowest BCUT2D eigenvalue weighted by Crippen LogP contribution is -2.21. The van der Waals surface area contributed by atoms with Crippen molar-refractivity contribution in [1.82, 2.24) is 9.88 Å². The van der Waals surface area contributed by atoms with Gasteiger partial charge in [0.2, 0.25) is 0 Å². The summed E-state index contributed by atoms with van der Waals surface area (Å²) in [6.07, 6.45) is 1.71. The number of aromatic nitrogens is 1. The summed E-state index contributed by atoms with van der Waals surface area (Å²) in [5.41, 5.74) is 8.72. The Kier molecular flexibility index (Phi) is 5.23. The number of nitrogens with zero attached hydrogens (tertiary/aromatic N) is 2. The Balaban J connectivity index is 2.11. The van der Waals surface area contributed by atoms with Crippen molar-refractivity contribution in [1.29, 1.82) is 0 Å². The Labute approximate surface area is 132 Å². The lowest BCUT2D eigenvalue weighted by Gasteiger charge is -2.19. The maximum atomic E-state index is 5.71. The smallest absolute Gasteiger partial charge is 0.123 e. The van der Waals surface area contributed by atoms with Gasteiger partial charge in [-0.2, -0.15) is 0 Å². The monoisotopic (exact) mass is 349 g/mol. The van der Waals surface area contributed by atoms with E-state index in [9.17, 15) is 0 Å². The molecule has 20 heavy (non-hydrogen) atoms. The second-order valence-electron chi connectivity index (χ2n) is 4.64. The second-order valence-corrected chi connectivity index (χ2v) is 5.93. The molecule has 2 rings (SSSR count). The summed E-state index contributed by atoms with van der Waals surface area (Å²) in [6, 6.07) is 12.1. The molecule has 5 heteroatoms. The van der Waals surface area contributed by atoms with Crippen molar-refractivity contribution in [3.8, 4) is 0 Å². The van der Waals surface area contributed by atoms with Crippen LogP contribution >= 0.6 is 28.1 Å². The van der Waals surface area contributed by atoms with Crippen LogP contribution in [0.1, 0.15) is 16.8 Å². The molecule has 0 aliphatic rings. The number of pyridine rings is 1. The molecule has 0 saturated carbocycles. The van der Waals surface area contributed by atoms with E-state index in [2.05, 4.69) is 38.9 Å². The fraction of sp³-hybridized carbons (Fsp3) is 0.200. The van der Waals surface area contributed by atoms with Gasteiger partial charge in [-0.15, -0.1) is 0 Å². The molecule has 3 nitrogen and oxygen atoms in total. The van der Waals surface area contributed by atoms with Gasteiger partial charge in [-0.1, -0.05) is 52.4 Å². The predicted molar refractivity (Wildman–Crippen MR) is 89.4 cm³/mol. The van der Waals surface area contributed by atoms with Crippen LogP contribution in [-0.2, 0) is 13.1 Å². The van der Waals surface area contributed by atoms with Gasteiger partial charge in [-0.05, 0) is 30.3 Å². The molecule has 2 N–H and O–H groups in total. The first-order valence-electron chi connectivity index (χ1n) is 6.23. The van der Waals surface area contributed by atoms with Crippen LogP contribution in [0.25, 0.3) is 0 Å². The van der Waals surface area contributed by atoms with Gasteiger partial charge in [0.25, 0.3) is 0 Å². The fourth-order valence-electron chi connectivity index (χ4n) is 2.05. The molecule has 2 aromatic rings. The molecular formula is C15H16BrN3S. The summed E-state index contributed by atoms with van der Waals surface area (Å²) in [7, 11) is 2.07.